The van der Waals surface area contributed by atoms with Crippen molar-refractivity contribution in [3.8, 4) is 5.69 Å². The quantitative estimate of drug-likeness (QED) is 0.139. The molecule has 0 radical (unpaired) electrons. The third-order valence-corrected chi connectivity index (χ3v) is 9.04. The number of aromatic nitrogens is 1. The first-order valence-electron chi connectivity index (χ1n) is 15.8. The molecule has 0 spiro atoms. The molecular formula is C44H30N2. The second-order valence-corrected chi connectivity index (χ2v) is 11.9. The molecule has 0 unspecified atom stereocenters. The molecule has 2 heteroatoms. The summed E-state index contributed by atoms with van der Waals surface area (Å²) in [5.41, 5.74) is 9.45. The van der Waals surface area contributed by atoms with Crippen LogP contribution in [0.1, 0.15) is 11.1 Å². The predicted octanol–water partition coefficient (Wildman–Crippen LogP) is 12.2. The monoisotopic (exact) mass is 586 g/mol. The molecule has 2 nitrogen and oxygen atoms in total. The molecule has 216 valence electrons. The van der Waals surface area contributed by atoms with Gasteiger partial charge >= 0.3 is 0 Å². The summed E-state index contributed by atoms with van der Waals surface area (Å²) in [5.74, 6) is 0. The number of anilines is 3. The standard InChI is InChI=1S/C44H30N2/c1-4-12-37(13-5-1)45(38-14-6-2-7-15-38)40-26-25-34-27-31(21-22-35(34)30-40)19-20-32-28-36-24-23-33-11-10-18-41-43(33)44(36)42(29-32)46(41)39-16-8-3-9-17-39/h1-30H/b20-19+. The van der Waals surface area contributed by atoms with Crippen molar-refractivity contribution < 1.29 is 0 Å². The van der Waals surface area contributed by atoms with E-state index >= 15 is 0 Å². The second-order valence-electron chi connectivity index (χ2n) is 11.9. The molecule has 0 atom stereocenters. The minimum absolute atomic E-state index is 1.14. The van der Waals surface area contributed by atoms with Crippen LogP contribution >= 0.6 is 0 Å². The number of nitrogens with zero attached hydrogens (tertiary/aromatic N) is 2. The molecule has 9 aromatic rings. The first-order chi connectivity index (χ1) is 22.8. The Morgan fingerprint density at radius 1 is 0.370 bits per heavy atom. The Balaban J connectivity index is 1.10. The molecule has 0 fully saturated rings. The highest BCUT2D eigenvalue weighted by atomic mass is 15.1. The Labute approximate surface area is 268 Å². The lowest BCUT2D eigenvalue weighted by Gasteiger charge is -2.25. The molecule has 0 aliphatic heterocycles. The maximum Gasteiger partial charge on any atom is 0.0553 e. The summed E-state index contributed by atoms with van der Waals surface area (Å²) in [4.78, 5) is 2.31. The van der Waals surface area contributed by atoms with Gasteiger partial charge in [0.25, 0.3) is 0 Å². The molecule has 0 aliphatic carbocycles. The van der Waals surface area contributed by atoms with Crippen molar-refractivity contribution in [3.63, 3.8) is 0 Å². The fraction of sp³-hybridized carbons (Fsp3) is 0. The van der Waals surface area contributed by atoms with Gasteiger partial charge in [-0.3, -0.25) is 0 Å². The van der Waals surface area contributed by atoms with Gasteiger partial charge in [-0.15, -0.1) is 0 Å². The van der Waals surface area contributed by atoms with Gasteiger partial charge < -0.3 is 9.47 Å². The molecule has 0 saturated carbocycles. The Morgan fingerprint density at radius 2 is 0.957 bits per heavy atom. The third kappa shape index (κ3) is 4.43. The molecule has 9 rings (SSSR count). The van der Waals surface area contributed by atoms with Gasteiger partial charge in [0.1, 0.15) is 0 Å². The van der Waals surface area contributed by atoms with Gasteiger partial charge in [-0.2, -0.15) is 0 Å². The van der Waals surface area contributed by atoms with Crippen LogP contribution in [0, 0.1) is 0 Å². The van der Waals surface area contributed by atoms with Crippen LogP contribution in [0.5, 0.6) is 0 Å². The van der Waals surface area contributed by atoms with E-state index in [0.29, 0.717) is 0 Å². The van der Waals surface area contributed by atoms with E-state index in [2.05, 4.69) is 191 Å². The van der Waals surface area contributed by atoms with E-state index in [9.17, 15) is 0 Å². The minimum atomic E-state index is 1.14. The van der Waals surface area contributed by atoms with Crippen LogP contribution < -0.4 is 4.90 Å². The van der Waals surface area contributed by atoms with Crippen LogP contribution in [0.15, 0.2) is 170 Å². The molecule has 0 bridgehead atoms. The van der Waals surface area contributed by atoms with Crippen molar-refractivity contribution in [1.29, 1.82) is 0 Å². The normalized spacial score (nSPS) is 11.8. The highest BCUT2D eigenvalue weighted by Gasteiger charge is 2.17. The van der Waals surface area contributed by atoms with Gasteiger partial charge in [0, 0.05) is 33.5 Å². The van der Waals surface area contributed by atoms with Gasteiger partial charge in [0.2, 0.25) is 0 Å². The second kappa shape index (κ2) is 10.8. The van der Waals surface area contributed by atoms with E-state index in [4.69, 9.17) is 0 Å². The lowest BCUT2D eigenvalue weighted by molar-refractivity contribution is 1.18. The molecule has 0 saturated heterocycles. The van der Waals surface area contributed by atoms with E-state index in [0.717, 1.165) is 17.1 Å². The molecular weight excluding hydrogens is 556 g/mol. The highest BCUT2D eigenvalue weighted by Crippen LogP contribution is 2.40. The predicted molar refractivity (Wildman–Crippen MR) is 197 cm³/mol. The van der Waals surface area contributed by atoms with Gasteiger partial charge in [-0.1, -0.05) is 109 Å². The number of hydrogen-bond donors (Lipinski definition) is 0. The van der Waals surface area contributed by atoms with Crippen molar-refractivity contribution in [1.82, 2.24) is 4.57 Å². The molecule has 0 N–H and O–H groups in total. The van der Waals surface area contributed by atoms with Crippen LogP contribution in [0.3, 0.4) is 0 Å². The van der Waals surface area contributed by atoms with Gasteiger partial charge in [0.15, 0.2) is 0 Å². The zero-order valence-corrected chi connectivity index (χ0v) is 25.2. The third-order valence-electron chi connectivity index (χ3n) is 9.04. The van der Waals surface area contributed by atoms with Crippen molar-refractivity contribution in [2.24, 2.45) is 0 Å². The van der Waals surface area contributed by atoms with E-state index in [1.165, 1.54) is 60.2 Å². The topological polar surface area (TPSA) is 8.17 Å². The van der Waals surface area contributed by atoms with Crippen LogP contribution in [-0.4, -0.2) is 4.57 Å². The van der Waals surface area contributed by atoms with Gasteiger partial charge in [-0.05, 0) is 105 Å². The molecule has 0 amide bonds. The summed E-state index contributed by atoms with van der Waals surface area (Å²) < 4.78 is 2.41. The maximum atomic E-state index is 2.41. The highest BCUT2D eigenvalue weighted by molar-refractivity contribution is 6.24. The van der Waals surface area contributed by atoms with Crippen molar-refractivity contribution in [3.05, 3.63) is 181 Å². The molecule has 1 aromatic heterocycles. The fourth-order valence-corrected chi connectivity index (χ4v) is 6.96. The van der Waals surface area contributed by atoms with Crippen LogP contribution in [-0.2, 0) is 0 Å². The Bertz CT molecular complexity index is 2470. The number of benzene rings is 8. The Kier molecular flexibility index (Phi) is 6.17. The average Bonchev–Trinajstić information content (AvgIpc) is 3.46. The summed E-state index contributed by atoms with van der Waals surface area (Å²) >= 11 is 0. The summed E-state index contributed by atoms with van der Waals surface area (Å²) in [6.07, 6.45) is 4.48. The Hall–Kier alpha value is -6.12. The van der Waals surface area contributed by atoms with Gasteiger partial charge in [-0.25, -0.2) is 0 Å². The van der Waals surface area contributed by atoms with Crippen molar-refractivity contribution in [2.75, 3.05) is 4.90 Å². The minimum Gasteiger partial charge on any atom is -0.310 e. The summed E-state index contributed by atoms with van der Waals surface area (Å²) in [6.45, 7) is 0. The SMILES string of the molecule is C(=C\c1cc2ccc3cccc4c3c2c(c1)n4-c1ccccc1)/c1ccc2cc(N(c3ccccc3)c3ccccc3)ccc2c1. The maximum absolute atomic E-state index is 2.41. The number of hydrogen-bond acceptors (Lipinski definition) is 1. The zero-order chi connectivity index (χ0) is 30.5. The van der Waals surface area contributed by atoms with Crippen LogP contribution in [0.2, 0.25) is 0 Å². The fourth-order valence-electron chi connectivity index (χ4n) is 6.96. The molecule has 1 heterocycles. The number of para-hydroxylation sites is 3. The van der Waals surface area contributed by atoms with E-state index in [-0.39, 0.29) is 0 Å². The zero-order valence-electron chi connectivity index (χ0n) is 25.2. The van der Waals surface area contributed by atoms with E-state index in [1.807, 2.05) is 0 Å². The first-order valence-corrected chi connectivity index (χ1v) is 15.8. The largest absolute Gasteiger partial charge is 0.310 e. The van der Waals surface area contributed by atoms with E-state index in [1.54, 1.807) is 0 Å². The smallest absolute Gasteiger partial charge is 0.0553 e. The lowest BCUT2D eigenvalue weighted by atomic mass is 9.99. The Morgan fingerprint density at radius 3 is 1.72 bits per heavy atom. The summed E-state index contributed by atoms with van der Waals surface area (Å²) in [6, 6.07) is 61.0. The van der Waals surface area contributed by atoms with Crippen LogP contribution in [0.25, 0.3) is 61.2 Å². The average molecular weight is 587 g/mol. The first kappa shape index (κ1) is 26.3. The van der Waals surface area contributed by atoms with Gasteiger partial charge in [0.05, 0.1) is 11.0 Å². The van der Waals surface area contributed by atoms with Crippen LogP contribution in [0.4, 0.5) is 17.1 Å². The molecule has 8 aromatic carbocycles. The number of fused-ring (bicyclic) bond motifs is 1. The van der Waals surface area contributed by atoms with Crippen molar-refractivity contribution >= 4 is 72.6 Å². The summed E-state index contributed by atoms with van der Waals surface area (Å²) in [5, 5.41) is 7.64. The number of rotatable bonds is 6. The summed E-state index contributed by atoms with van der Waals surface area (Å²) in [7, 11) is 0. The molecule has 0 aliphatic rings. The molecule has 46 heavy (non-hydrogen) atoms. The van der Waals surface area contributed by atoms with Crippen molar-refractivity contribution in [2.45, 2.75) is 0 Å². The lowest BCUT2D eigenvalue weighted by Crippen LogP contribution is -2.09. The van der Waals surface area contributed by atoms with E-state index < -0.39 is 0 Å².